The quantitative estimate of drug-likeness (QED) is 0.571. The molecule has 2 saturated carbocycles. The topological polar surface area (TPSA) is 43.4 Å². The monoisotopic (exact) mass is 376 g/mol. The maximum Gasteiger partial charge on any atom is 0.192 e. The molecule has 2 fully saturated rings. The van der Waals surface area contributed by atoms with Crippen molar-refractivity contribution in [2.45, 2.75) is 67.0 Å². The van der Waals surface area contributed by atoms with Crippen LogP contribution < -0.4 is 0 Å². The lowest BCUT2D eigenvalue weighted by Crippen LogP contribution is -2.50. The van der Waals surface area contributed by atoms with Crippen LogP contribution in [0.3, 0.4) is 0 Å². The van der Waals surface area contributed by atoms with Gasteiger partial charge in [0, 0.05) is 18.3 Å². The summed E-state index contributed by atoms with van der Waals surface area (Å²) in [4.78, 5) is 0.441. The molecule has 4 rings (SSSR count). The Kier molecular flexibility index (Phi) is 3.41. The lowest BCUT2D eigenvalue weighted by Gasteiger charge is -2.42. The third kappa shape index (κ3) is 2.03. The SMILES string of the molecule is CC(C)(C)[Si](C)(C)O[C@]12C[C@@]1(S(=O)(=O)c1ccccc1)[C@H]1C=C[C@@H]2C1. The first-order valence-electron chi connectivity index (χ1n) is 9.16. The summed E-state index contributed by atoms with van der Waals surface area (Å²) < 4.78 is 33.4. The molecule has 0 aromatic heterocycles. The summed E-state index contributed by atoms with van der Waals surface area (Å²) in [6, 6.07) is 8.95. The van der Waals surface area contributed by atoms with Crippen LogP contribution in [0.2, 0.25) is 18.1 Å². The van der Waals surface area contributed by atoms with Crippen molar-refractivity contribution in [2.24, 2.45) is 11.8 Å². The summed E-state index contributed by atoms with van der Waals surface area (Å²) in [6.45, 7) is 11.1. The van der Waals surface area contributed by atoms with Gasteiger partial charge in [0.2, 0.25) is 0 Å². The Labute approximate surface area is 152 Å². The molecule has 1 aromatic carbocycles. The Balaban J connectivity index is 1.80. The highest BCUT2D eigenvalue weighted by Crippen LogP contribution is 2.76. The Morgan fingerprint density at radius 1 is 1.08 bits per heavy atom. The molecule has 0 N–H and O–H groups in total. The van der Waals surface area contributed by atoms with Gasteiger partial charge in [-0.3, -0.25) is 0 Å². The van der Waals surface area contributed by atoms with E-state index in [1.165, 1.54) is 0 Å². The van der Waals surface area contributed by atoms with Crippen molar-refractivity contribution in [1.29, 1.82) is 0 Å². The molecule has 136 valence electrons. The molecule has 4 atom stereocenters. The van der Waals surface area contributed by atoms with Crippen LogP contribution in [0.15, 0.2) is 47.4 Å². The summed E-state index contributed by atoms with van der Waals surface area (Å²) in [6.07, 6.45) is 5.90. The van der Waals surface area contributed by atoms with Crippen molar-refractivity contribution in [3.63, 3.8) is 0 Å². The fourth-order valence-electron chi connectivity index (χ4n) is 4.76. The van der Waals surface area contributed by atoms with E-state index >= 15 is 0 Å². The number of hydrogen-bond acceptors (Lipinski definition) is 3. The van der Waals surface area contributed by atoms with E-state index < -0.39 is 28.5 Å². The average Bonchev–Trinajstić information content (AvgIpc) is 2.88. The molecule has 25 heavy (non-hydrogen) atoms. The fourth-order valence-corrected chi connectivity index (χ4v) is 9.02. The lowest BCUT2D eigenvalue weighted by atomic mass is 10.0. The Hall–Kier alpha value is -0.913. The van der Waals surface area contributed by atoms with Gasteiger partial charge in [-0.05, 0) is 36.7 Å². The minimum absolute atomic E-state index is 0.0676. The van der Waals surface area contributed by atoms with Crippen LogP contribution in [0.4, 0.5) is 0 Å². The van der Waals surface area contributed by atoms with Crippen molar-refractivity contribution in [3.05, 3.63) is 42.5 Å². The van der Waals surface area contributed by atoms with Crippen molar-refractivity contribution in [1.82, 2.24) is 0 Å². The van der Waals surface area contributed by atoms with Crippen LogP contribution in [0.25, 0.3) is 0 Å². The fraction of sp³-hybridized carbons (Fsp3) is 0.600. The van der Waals surface area contributed by atoms with Crippen LogP contribution >= 0.6 is 0 Å². The normalized spacial score (nSPS) is 36.5. The summed E-state index contributed by atoms with van der Waals surface area (Å²) in [5, 5.41) is 0.0676. The van der Waals surface area contributed by atoms with Gasteiger partial charge in [-0.15, -0.1) is 0 Å². The molecular formula is C20H28O3SSi. The summed E-state index contributed by atoms with van der Waals surface area (Å²) >= 11 is 0. The third-order valence-electron chi connectivity index (χ3n) is 7.17. The van der Waals surface area contributed by atoms with Crippen molar-refractivity contribution >= 4 is 18.2 Å². The zero-order valence-corrected chi connectivity index (χ0v) is 17.6. The largest absolute Gasteiger partial charge is 0.409 e. The Bertz CT molecular complexity index is 837. The minimum atomic E-state index is -3.43. The molecule has 3 nitrogen and oxygen atoms in total. The van der Waals surface area contributed by atoms with Gasteiger partial charge in [-0.1, -0.05) is 51.1 Å². The molecular weight excluding hydrogens is 348 g/mol. The zero-order chi connectivity index (χ0) is 18.3. The van der Waals surface area contributed by atoms with E-state index in [1.54, 1.807) is 12.1 Å². The van der Waals surface area contributed by atoms with Crippen molar-refractivity contribution < 1.29 is 12.8 Å². The van der Waals surface area contributed by atoms with Gasteiger partial charge in [0.1, 0.15) is 4.75 Å². The molecule has 0 amide bonds. The van der Waals surface area contributed by atoms with E-state index in [0.29, 0.717) is 11.3 Å². The average molecular weight is 377 g/mol. The smallest absolute Gasteiger partial charge is 0.192 e. The van der Waals surface area contributed by atoms with E-state index in [9.17, 15) is 8.42 Å². The van der Waals surface area contributed by atoms with Gasteiger partial charge in [-0.2, -0.15) is 0 Å². The summed E-state index contributed by atoms with van der Waals surface area (Å²) in [7, 11) is -5.49. The predicted octanol–water partition coefficient (Wildman–Crippen LogP) is 4.57. The molecule has 1 aromatic rings. The molecule has 0 spiro atoms. The second-order valence-corrected chi connectivity index (χ2v) is 16.4. The highest BCUT2D eigenvalue weighted by Gasteiger charge is 2.86. The molecule has 0 radical (unpaired) electrons. The van der Waals surface area contributed by atoms with Crippen LogP contribution in [-0.4, -0.2) is 27.1 Å². The first kappa shape index (κ1) is 17.5. The molecule has 2 bridgehead atoms. The zero-order valence-electron chi connectivity index (χ0n) is 15.7. The lowest BCUT2D eigenvalue weighted by molar-refractivity contribution is 0.121. The first-order valence-corrected chi connectivity index (χ1v) is 13.6. The standard InChI is InChI=1S/C20H28O3SSi/c1-18(2,3)25(4,5)23-19-14-20(19,16-12-11-15(19)13-16)24(21,22)17-9-7-6-8-10-17/h6-12,15-16H,13-14H2,1-5H3/t15-,16+,19+,20-/m1/s1. The van der Waals surface area contributed by atoms with Gasteiger partial charge < -0.3 is 4.43 Å². The molecule has 3 aliphatic carbocycles. The Morgan fingerprint density at radius 2 is 1.68 bits per heavy atom. The van der Waals surface area contributed by atoms with Gasteiger partial charge >= 0.3 is 0 Å². The van der Waals surface area contributed by atoms with E-state index in [1.807, 2.05) is 18.2 Å². The second kappa shape index (κ2) is 4.87. The van der Waals surface area contributed by atoms with Gasteiger partial charge in [-0.25, -0.2) is 8.42 Å². The second-order valence-electron chi connectivity index (χ2n) is 9.47. The third-order valence-corrected chi connectivity index (χ3v) is 14.3. The Morgan fingerprint density at radius 3 is 2.28 bits per heavy atom. The number of fused-ring (bicyclic) bond motifs is 5. The molecule has 0 unspecified atom stereocenters. The molecule has 5 heteroatoms. The maximum absolute atomic E-state index is 13.6. The van der Waals surface area contributed by atoms with E-state index in [4.69, 9.17) is 4.43 Å². The number of rotatable bonds is 4. The van der Waals surface area contributed by atoms with E-state index in [-0.39, 0.29) is 16.9 Å². The highest BCUT2D eigenvalue weighted by atomic mass is 32.2. The number of allylic oxidation sites excluding steroid dienone is 1. The molecule has 3 aliphatic rings. The van der Waals surface area contributed by atoms with Crippen LogP contribution in [0, 0.1) is 11.8 Å². The summed E-state index contributed by atoms with van der Waals surface area (Å²) in [5.41, 5.74) is -0.510. The van der Waals surface area contributed by atoms with Crippen LogP contribution in [-0.2, 0) is 14.3 Å². The van der Waals surface area contributed by atoms with Gasteiger partial charge in [0.05, 0.1) is 10.5 Å². The molecule has 0 aliphatic heterocycles. The van der Waals surface area contributed by atoms with E-state index in [2.05, 4.69) is 46.0 Å². The molecule has 0 heterocycles. The van der Waals surface area contributed by atoms with Gasteiger partial charge in [0.25, 0.3) is 0 Å². The number of hydrogen-bond donors (Lipinski definition) is 0. The highest BCUT2D eigenvalue weighted by molar-refractivity contribution is 7.93. The minimum Gasteiger partial charge on any atom is -0.409 e. The maximum atomic E-state index is 13.6. The van der Waals surface area contributed by atoms with E-state index in [0.717, 1.165) is 6.42 Å². The van der Waals surface area contributed by atoms with Crippen molar-refractivity contribution in [2.75, 3.05) is 0 Å². The summed E-state index contributed by atoms with van der Waals surface area (Å²) in [5.74, 6) is 0.331. The van der Waals surface area contributed by atoms with Crippen molar-refractivity contribution in [3.8, 4) is 0 Å². The van der Waals surface area contributed by atoms with Gasteiger partial charge in [0.15, 0.2) is 18.2 Å². The first-order chi connectivity index (χ1) is 11.5. The van der Waals surface area contributed by atoms with Crippen LogP contribution in [0.1, 0.15) is 33.6 Å². The predicted molar refractivity (Wildman–Crippen MR) is 103 cm³/mol. The van der Waals surface area contributed by atoms with Crippen LogP contribution in [0.5, 0.6) is 0 Å². The number of benzene rings is 1. The number of sulfone groups is 1. The molecule has 0 saturated heterocycles.